The number of hydrogen-bond donors (Lipinski definition) is 3. The van der Waals surface area contributed by atoms with E-state index in [-0.39, 0.29) is 18.2 Å². The molecule has 1 aliphatic rings. The molecule has 0 unspecified atom stereocenters. The normalized spacial score (nSPS) is 23.3. The molecule has 4 N–H and O–H groups in total. The maximum absolute atomic E-state index is 9.49. The van der Waals surface area contributed by atoms with E-state index in [1.807, 2.05) is 13.8 Å². The highest BCUT2D eigenvalue weighted by atomic mass is 16.3. The first kappa shape index (κ1) is 13.7. The second-order valence-corrected chi connectivity index (χ2v) is 5.41. The molecule has 0 bridgehead atoms. The monoisotopic (exact) mass is 263 g/mol. The van der Waals surface area contributed by atoms with Gasteiger partial charge in [-0.2, -0.15) is 10.4 Å². The number of aliphatic hydroxyl groups excluding tert-OH is 1. The van der Waals surface area contributed by atoms with Gasteiger partial charge in [-0.05, 0) is 39.5 Å². The Morgan fingerprint density at radius 3 is 2.58 bits per heavy atom. The highest BCUT2D eigenvalue weighted by molar-refractivity contribution is 5.64. The quantitative estimate of drug-likeness (QED) is 0.769. The van der Waals surface area contributed by atoms with Crippen LogP contribution in [0.2, 0.25) is 0 Å². The molecule has 2 rings (SSSR count). The topological polar surface area (TPSA) is 99.9 Å². The molecule has 0 aromatic carbocycles. The molecule has 6 heteroatoms. The van der Waals surface area contributed by atoms with Crippen LogP contribution in [-0.2, 0) is 0 Å². The van der Waals surface area contributed by atoms with Crippen molar-refractivity contribution in [2.24, 2.45) is 0 Å². The number of rotatable bonds is 3. The first-order valence-corrected chi connectivity index (χ1v) is 6.75. The summed E-state index contributed by atoms with van der Waals surface area (Å²) in [6, 6.07) is 2.49. The summed E-state index contributed by atoms with van der Waals surface area (Å²) in [5.74, 6) is 0.978. The summed E-state index contributed by atoms with van der Waals surface area (Å²) in [6.07, 6.45) is 3.17. The van der Waals surface area contributed by atoms with Crippen LogP contribution in [0.4, 0.5) is 11.6 Å². The van der Waals surface area contributed by atoms with Crippen LogP contribution in [0, 0.1) is 11.3 Å². The van der Waals surface area contributed by atoms with Crippen molar-refractivity contribution < 1.29 is 5.11 Å². The molecular weight excluding hydrogens is 242 g/mol. The standard InChI is InChI=1S/C13H21N5O/c1-8(2)18-12(15)11(7-14)13(17-18)16-9-3-5-10(19)6-4-9/h8-10,19H,3-6,15H2,1-2H3,(H,16,17). The zero-order chi connectivity index (χ0) is 14.0. The van der Waals surface area contributed by atoms with E-state index in [1.165, 1.54) is 0 Å². The Morgan fingerprint density at radius 2 is 2.05 bits per heavy atom. The molecule has 1 heterocycles. The van der Waals surface area contributed by atoms with E-state index in [1.54, 1.807) is 4.68 Å². The number of nitrogens with one attached hydrogen (secondary N) is 1. The first-order chi connectivity index (χ1) is 9.02. The smallest absolute Gasteiger partial charge is 0.168 e. The van der Waals surface area contributed by atoms with Crippen molar-refractivity contribution >= 4 is 11.6 Å². The summed E-state index contributed by atoms with van der Waals surface area (Å²) < 4.78 is 1.67. The van der Waals surface area contributed by atoms with Gasteiger partial charge in [-0.1, -0.05) is 0 Å². The molecule has 6 nitrogen and oxygen atoms in total. The molecular formula is C13H21N5O. The summed E-state index contributed by atoms with van der Waals surface area (Å²) in [5.41, 5.74) is 6.36. The van der Waals surface area contributed by atoms with Gasteiger partial charge in [-0.3, -0.25) is 0 Å². The van der Waals surface area contributed by atoms with Gasteiger partial charge < -0.3 is 16.2 Å². The van der Waals surface area contributed by atoms with Crippen molar-refractivity contribution in [3.63, 3.8) is 0 Å². The van der Waals surface area contributed by atoms with Crippen molar-refractivity contribution in [2.45, 2.75) is 57.7 Å². The lowest BCUT2D eigenvalue weighted by Crippen LogP contribution is -2.28. The Kier molecular flexibility index (Phi) is 3.96. The van der Waals surface area contributed by atoms with Gasteiger partial charge in [0.1, 0.15) is 17.5 Å². The minimum absolute atomic E-state index is 0.121. The van der Waals surface area contributed by atoms with Gasteiger partial charge in [0.2, 0.25) is 0 Å². The van der Waals surface area contributed by atoms with E-state index >= 15 is 0 Å². The predicted octanol–water partition coefficient (Wildman–Crippen LogP) is 1.63. The number of anilines is 2. The molecule has 0 aliphatic heterocycles. The zero-order valence-electron chi connectivity index (χ0n) is 11.4. The SMILES string of the molecule is CC(C)n1nc(NC2CCC(O)CC2)c(C#N)c1N. The van der Waals surface area contributed by atoms with Crippen LogP contribution in [0.15, 0.2) is 0 Å². The largest absolute Gasteiger partial charge is 0.393 e. The molecule has 0 radical (unpaired) electrons. The van der Waals surface area contributed by atoms with Gasteiger partial charge >= 0.3 is 0 Å². The maximum Gasteiger partial charge on any atom is 0.168 e. The molecule has 0 amide bonds. The molecule has 104 valence electrons. The Bertz CT molecular complexity index is 480. The highest BCUT2D eigenvalue weighted by Gasteiger charge is 2.23. The fraction of sp³-hybridized carbons (Fsp3) is 0.692. The molecule has 0 saturated heterocycles. The number of aromatic nitrogens is 2. The van der Waals surface area contributed by atoms with Crippen molar-refractivity contribution in [1.29, 1.82) is 5.26 Å². The maximum atomic E-state index is 9.49. The summed E-state index contributed by atoms with van der Waals surface area (Å²) in [5, 5.41) is 26.4. The third kappa shape index (κ3) is 2.82. The number of aliphatic hydroxyl groups is 1. The van der Waals surface area contributed by atoms with Gasteiger partial charge in [-0.25, -0.2) is 4.68 Å². The van der Waals surface area contributed by atoms with E-state index in [9.17, 15) is 10.4 Å². The second-order valence-electron chi connectivity index (χ2n) is 5.41. The Morgan fingerprint density at radius 1 is 1.42 bits per heavy atom. The van der Waals surface area contributed by atoms with E-state index in [0.717, 1.165) is 25.7 Å². The molecule has 1 aromatic heterocycles. The second kappa shape index (κ2) is 5.49. The molecule has 0 spiro atoms. The number of nitriles is 1. The molecule has 0 atom stereocenters. The van der Waals surface area contributed by atoms with Crippen LogP contribution in [0.5, 0.6) is 0 Å². The molecule has 1 aromatic rings. The highest BCUT2D eigenvalue weighted by Crippen LogP contribution is 2.27. The minimum atomic E-state index is -0.188. The number of hydrogen-bond acceptors (Lipinski definition) is 5. The van der Waals surface area contributed by atoms with Crippen LogP contribution in [-0.4, -0.2) is 27.0 Å². The third-order valence-corrected chi connectivity index (χ3v) is 3.59. The molecule has 1 fully saturated rings. The van der Waals surface area contributed by atoms with Gasteiger partial charge in [-0.15, -0.1) is 0 Å². The first-order valence-electron chi connectivity index (χ1n) is 6.75. The van der Waals surface area contributed by atoms with Crippen LogP contribution < -0.4 is 11.1 Å². The van der Waals surface area contributed by atoms with Crippen molar-refractivity contribution in [3.8, 4) is 6.07 Å². The van der Waals surface area contributed by atoms with E-state index < -0.39 is 0 Å². The van der Waals surface area contributed by atoms with Crippen LogP contribution in [0.25, 0.3) is 0 Å². The van der Waals surface area contributed by atoms with E-state index in [2.05, 4.69) is 16.5 Å². The Hall–Kier alpha value is -1.74. The van der Waals surface area contributed by atoms with Gasteiger partial charge in [0.15, 0.2) is 5.82 Å². The molecule has 1 saturated carbocycles. The van der Waals surface area contributed by atoms with Crippen molar-refractivity contribution in [1.82, 2.24) is 9.78 Å². The lowest BCUT2D eigenvalue weighted by molar-refractivity contribution is 0.126. The predicted molar refractivity (Wildman–Crippen MR) is 73.6 cm³/mol. The summed E-state index contributed by atoms with van der Waals surface area (Å²) in [6.45, 7) is 3.95. The van der Waals surface area contributed by atoms with Crippen LogP contribution >= 0.6 is 0 Å². The lowest BCUT2D eigenvalue weighted by atomic mass is 9.93. The summed E-state index contributed by atoms with van der Waals surface area (Å²) in [7, 11) is 0. The van der Waals surface area contributed by atoms with E-state index in [4.69, 9.17) is 5.73 Å². The summed E-state index contributed by atoms with van der Waals surface area (Å²) in [4.78, 5) is 0. The van der Waals surface area contributed by atoms with Crippen molar-refractivity contribution in [3.05, 3.63) is 5.56 Å². The van der Waals surface area contributed by atoms with Gasteiger partial charge in [0.25, 0.3) is 0 Å². The minimum Gasteiger partial charge on any atom is -0.393 e. The van der Waals surface area contributed by atoms with Gasteiger partial charge in [0, 0.05) is 12.1 Å². The Labute approximate surface area is 113 Å². The average Bonchev–Trinajstić information content (AvgIpc) is 2.68. The van der Waals surface area contributed by atoms with Crippen LogP contribution in [0.1, 0.15) is 51.1 Å². The number of nitrogens with two attached hydrogens (primary N) is 1. The number of nitrogens with zero attached hydrogens (tertiary/aromatic N) is 3. The fourth-order valence-electron chi connectivity index (χ4n) is 2.47. The Balaban J connectivity index is 2.16. The average molecular weight is 263 g/mol. The number of nitrogen functional groups attached to an aromatic ring is 1. The molecule has 19 heavy (non-hydrogen) atoms. The van der Waals surface area contributed by atoms with Crippen molar-refractivity contribution in [2.75, 3.05) is 11.1 Å². The fourth-order valence-corrected chi connectivity index (χ4v) is 2.47. The van der Waals surface area contributed by atoms with Crippen LogP contribution in [0.3, 0.4) is 0 Å². The lowest BCUT2D eigenvalue weighted by Gasteiger charge is -2.26. The third-order valence-electron chi connectivity index (χ3n) is 3.59. The van der Waals surface area contributed by atoms with E-state index in [0.29, 0.717) is 17.2 Å². The zero-order valence-corrected chi connectivity index (χ0v) is 11.4. The van der Waals surface area contributed by atoms with Gasteiger partial charge in [0.05, 0.1) is 6.10 Å². The molecule has 1 aliphatic carbocycles. The summed E-state index contributed by atoms with van der Waals surface area (Å²) >= 11 is 0.